The number of benzene rings is 2. The van der Waals surface area contributed by atoms with Crippen LogP contribution in [0.5, 0.6) is 0 Å². The van der Waals surface area contributed by atoms with Crippen molar-refractivity contribution < 1.29 is 0 Å². The number of hydrogen-bond donors (Lipinski definition) is 1. The second-order valence-corrected chi connectivity index (χ2v) is 5.03. The standard InChI is InChI=1S/C15H13NS/c16-9-13-8-12(10-17-13)15-7-3-5-11-4-1-2-6-14(11)15/h1-8,10H,9,16H2. The smallest absolute Gasteiger partial charge is 0.0274 e. The van der Waals surface area contributed by atoms with E-state index in [2.05, 4.69) is 53.9 Å². The molecule has 3 rings (SSSR count). The van der Waals surface area contributed by atoms with Crippen LogP contribution in [0.1, 0.15) is 4.88 Å². The van der Waals surface area contributed by atoms with E-state index in [1.807, 2.05) is 0 Å². The van der Waals surface area contributed by atoms with Crippen LogP contribution in [0, 0.1) is 0 Å². The van der Waals surface area contributed by atoms with Crippen LogP contribution in [-0.2, 0) is 6.54 Å². The summed E-state index contributed by atoms with van der Waals surface area (Å²) in [7, 11) is 0. The third-order valence-corrected chi connectivity index (χ3v) is 3.91. The van der Waals surface area contributed by atoms with Crippen LogP contribution < -0.4 is 5.73 Å². The highest BCUT2D eigenvalue weighted by Gasteiger charge is 2.05. The SMILES string of the molecule is NCc1cc(-c2cccc3ccccc23)cs1. The Morgan fingerprint density at radius 2 is 1.82 bits per heavy atom. The minimum absolute atomic E-state index is 0.620. The maximum absolute atomic E-state index is 5.66. The van der Waals surface area contributed by atoms with Crippen molar-refractivity contribution in [1.29, 1.82) is 0 Å². The molecular weight excluding hydrogens is 226 g/mol. The molecular formula is C15H13NS. The van der Waals surface area contributed by atoms with Crippen molar-refractivity contribution in [3.05, 3.63) is 58.8 Å². The summed E-state index contributed by atoms with van der Waals surface area (Å²) < 4.78 is 0. The van der Waals surface area contributed by atoms with Crippen molar-refractivity contribution in [2.45, 2.75) is 6.54 Å². The van der Waals surface area contributed by atoms with Gasteiger partial charge in [0, 0.05) is 11.4 Å². The Morgan fingerprint density at radius 1 is 1.00 bits per heavy atom. The monoisotopic (exact) mass is 239 g/mol. The maximum Gasteiger partial charge on any atom is 0.0274 e. The zero-order valence-electron chi connectivity index (χ0n) is 9.39. The molecule has 0 aliphatic carbocycles. The number of rotatable bonds is 2. The molecule has 3 aromatic rings. The van der Waals surface area contributed by atoms with Crippen LogP contribution in [0.2, 0.25) is 0 Å². The molecule has 2 aromatic carbocycles. The summed E-state index contributed by atoms with van der Waals surface area (Å²) in [5.74, 6) is 0. The molecule has 0 saturated carbocycles. The lowest BCUT2D eigenvalue weighted by atomic mass is 10.0. The first kappa shape index (κ1) is 10.5. The minimum atomic E-state index is 0.620. The van der Waals surface area contributed by atoms with Gasteiger partial charge < -0.3 is 5.73 Å². The quantitative estimate of drug-likeness (QED) is 0.718. The zero-order chi connectivity index (χ0) is 11.7. The van der Waals surface area contributed by atoms with Crippen molar-refractivity contribution in [1.82, 2.24) is 0 Å². The first-order valence-corrected chi connectivity index (χ1v) is 6.52. The van der Waals surface area contributed by atoms with Crippen LogP contribution in [-0.4, -0.2) is 0 Å². The third kappa shape index (κ3) is 1.86. The fraction of sp³-hybridized carbons (Fsp3) is 0.0667. The molecule has 0 aliphatic rings. The molecule has 84 valence electrons. The van der Waals surface area contributed by atoms with Gasteiger partial charge in [0.05, 0.1) is 0 Å². The Hall–Kier alpha value is -1.64. The first-order valence-electron chi connectivity index (χ1n) is 5.64. The fourth-order valence-electron chi connectivity index (χ4n) is 2.11. The van der Waals surface area contributed by atoms with Gasteiger partial charge in [0.15, 0.2) is 0 Å². The normalized spacial score (nSPS) is 10.9. The Bertz CT molecular complexity index is 649. The molecule has 1 heterocycles. The van der Waals surface area contributed by atoms with E-state index in [0.717, 1.165) is 0 Å². The van der Waals surface area contributed by atoms with Crippen LogP contribution in [0.3, 0.4) is 0 Å². The van der Waals surface area contributed by atoms with Gasteiger partial charge in [-0.25, -0.2) is 0 Å². The molecule has 1 aromatic heterocycles. The van der Waals surface area contributed by atoms with Gasteiger partial charge in [0.2, 0.25) is 0 Å². The van der Waals surface area contributed by atoms with Crippen molar-refractivity contribution in [2.75, 3.05) is 0 Å². The summed E-state index contributed by atoms with van der Waals surface area (Å²) in [4.78, 5) is 1.23. The predicted octanol–water partition coefficient (Wildman–Crippen LogP) is 4.03. The van der Waals surface area contributed by atoms with Crippen LogP contribution in [0.15, 0.2) is 53.9 Å². The Morgan fingerprint density at radius 3 is 2.65 bits per heavy atom. The van der Waals surface area contributed by atoms with Gasteiger partial charge >= 0.3 is 0 Å². The number of hydrogen-bond acceptors (Lipinski definition) is 2. The summed E-state index contributed by atoms with van der Waals surface area (Å²) in [6, 6.07) is 17.1. The fourth-order valence-corrected chi connectivity index (χ4v) is 2.87. The summed E-state index contributed by atoms with van der Waals surface area (Å²) in [5, 5.41) is 4.77. The number of thiophene rings is 1. The highest BCUT2D eigenvalue weighted by atomic mass is 32.1. The van der Waals surface area contributed by atoms with E-state index in [0.29, 0.717) is 6.54 Å². The van der Waals surface area contributed by atoms with Crippen molar-refractivity contribution >= 4 is 22.1 Å². The first-order chi connectivity index (χ1) is 8.38. The Kier molecular flexibility index (Phi) is 2.67. The molecule has 0 aliphatic heterocycles. The average molecular weight is 239 g/mol. The molecule has 0 bridgehead atoms. The van der Waals surface area contributed by atoms with Gasteiger partial charge in [-0.2, -0.15) is 0 Å². The highest BCUT2D eigenvalue weighted by Crippen LogP contribution is 2.31. The van der Waals surface area contributed by atoms with Gasteiger partial charge in [0.1, 0.15) is 0 Å². The molecule has 2 heteroatoms. The largest absolute Gasteiger partial charge is 0.326 e. The molecule has 0 fully saturated rings. The Labute approximate surface area is 105 Å². The van der Waals surface area contributed by atoms with E-state index in [-0.39, 0.29) is 0 Å². The molecule has 1 nitrogen and oxygen atoms in total. The molecule has 0 unspecified atom stereocenters. The van der Waals surface area contributed by atoms with E-state index < -0.39 is 0 Å². The average Bonchev–Trinajstić information content (AvgIpc) is 2.87. The second-order valence-electron chi connectivity index (χ2n) is 4.03. The van der Waals surface area contributed by atoms with Gasteiger partial charge in [-0.15, -0.1) is 11.3 Å². The van der Waals surface area contributed by atoms with E-state index in [1.54, 1.807) is 11.3 Å². The maximum atomic E-state index is 5.66. The second kappa shape index (κ2) is 4.32. The molecule has 2 N–H and O–H groups in total. The molecule has 0 radical (unpaired) electrons. The van der Waals surface area contributed by atoms with Crippen LogP contribution in [0.25, 0.3) is 21.9 Å². The topological polar surface area (TPSA) is 26.0 Å². The van der Waals surface area contributed by atoms with Gasteiger partial charge in [-0.1, -0.05) is 42.5 Å². The molecule has 0 saturated heterocycles. The van der Waals surface area contributed by atoms with Crippen molar-refractivity contribution in [2.24, 2.45) is 5.73 Å². The predicted molar refractivity (Wildman–Crippen MR) is 75.2 cm³/mol. The van der Waals surface area contributed by atoms with Gasteiger partial charge in [-0.3, -0.25) is 0 Å². The van der Waals surface area contributed by atoms with E-state index in [4.69, 9.17) is 5.73 Å². The Balaban J connectivity index is 2.23. The van der Waals surface area contributed by atoms with Gasteiger partial charge in [0.25, 0.3) is 0 Å². The lowest BCUT2D eigenvalue weighted by Crippen LogP contribution is -1.91. The lowest BCUT2D eigenvalue weighted by molar-refractivity contribution is 1.11. The minimum Gasteiger partial charge on any atom is -0.326 e. The summed E-state index contributed by atoms with van der Waals surface area (Å²) in [6.45, 7) is 0.620. The molecule has 0 amide bonds. The van der Waals surface area contributed by atoms with Crippen LogP contribution >= 0.6 is 11.3 Å². The third-order valence-electron chi connectivity index (χ3n) is 2.96. The summed E-state index contributed by atoms with van der Waals surface area (Å²) in [6.07, 6.45) is 0. The molecule has 0 spiro atoms. The molecule has 0 atom stereocenters. The lowest BCUT2D eigenvalue weighted by Gasteiger charge is -2.04. The van der Waals surface area contributed by atoms with E-state index in [9.17, 15) is 0 Å². The summed E-state index contributed by atoms with van der Waals surface area (Å²) in [5.41, 5.74) is 8.23. The van der Waals surface area contributed by atoms with E-state index >= 15 is 0 Å². The van der Waals surface area contributed by atoms with Crippen molar-refractivity contribution in [3.63, 3.8) is 0 Å². The molecule has 17 heavy (non-hydrogen) atoms. The number of fused-ring (bicyclic) bond motifs is 1. The van der Waals surface area contributed by atoms with Gasteiger partial charge in [-0.05, 0) is 33.3 Å². The van der Waals surface area contributed by atoms with E-state index in [1.165, 1.54) is 26.8 Å². The highest BCUT2D eigenvalue weighted by molar-refractivity contribution is 7.10. The zero-order valence-corrected chi connectivity index (χ0v) is 10.2. The number of nitrogens with two attached hydrogens (primary N) is 1. The van der Waals surface area contributed by atoms with Crippen molar-refractivity contribution in [3.8, 4) is 11.1 Å². The van der Waals surface area contributed by atoms with Crippen LogP contribution in [0.4, 0.5) is 0 Å². The summed E-state index contributed by atoms with van der Waals surface area (Å²) >= 11 is 1.73.